The monoisotopic (exact) mass is 321 g/mol. The molecule has 0 unspecified atom stereocenters. The Balaban J connectivity index is 2.08. The summed E-state index contributed by atoms with van der Waals surface area (Å²) in [4.78, 5) is 23.7. The second-order valence-corrected chi connectivity index (χ2v) is 5.32. The van der Waals surface area contributed by atoms with Gasteiger partial charge in [-0.3, -0.25) is 4.79 Å². The van der Waals surface area contributed by atoms with E-state index in [9.17, 15) is 9.59 Å². The lowest BCUT2D eigenvalue weighted by molar-refractivity contribution is -0.111. The third-order valence-corrected chi connectivity index (χ3v) is 3.85. The van der Waals surface area contributed by atoms with Gasteiger partial charge in [0.15, 0.2) is 0 Å². The largest absolute Gasteiger partial charge is 0.465 e. The number of carbonyl (C=O) groups excluding carboxylic acids is 2. The summed E-state index contributed by atoms with van der Waals surface area (Å²) < 4.78 is 4.65. The fraction of sp³-hybridized carbons (Fsp3) is 0.0667. The number of amides is 1. The minimum absolute atomic E-state index is 0.349. The van der Waals surface area contributed by atoms with Gasteiger partial charge in [0.25, 0.3) is 0 Å². The van der Waals surface area contributed by atoms with Crippen LogP contribution in [0.5, 0.6) is 0 Å². The van der Waals surface area contributed by atoms with Crippen LogP contribution in [0, 0.1) is 0 Å². The molecule has 1 aromatic carbocycles. The summed E-state index contributed by atoms with van der Waals surface area (Å²) in [6.45, 7) is 0. The first-order valence-corrected chi connectivity index (χ1v) is 7.27. The number of esters is 1. The van der Waals surface area contributed by atoms with E-state index in [4.69, 9.17) is 11.6 Å². The molecule has 4 nitrogen and oxygen atoms in total. The fourth-order valence-corrected chi connectivity index (χ4v) is 2.57. The van der Waals surface area contributed by atoms with Crippen LogP contribution in [0.4, 0.5) is 5.69 Å². The van der Waals surface area contributed by atoms with Crippen LogP contribution < -0.4 is 5.32 Å². The van der Waals surface area contributed by atoms with Crippen molar-refractivity contribution in [3.05, 3.63) is 57.3 Å². The average molecular weight is 322 g/mol. The van der Waals surface area contributed by atoms with Crippen LogP contribution in [0.2, 0.25) is 5.02 Å². The highest BCUT2D eigenvalue weighted by atomic mass is 35.5. The number of thiophene rings is 1. The van der Waals surface area contributed by atoms with Gasteiger partial charge >= 0.3 is 5.97 Å². The highest BCUT2D eigenvalue weighted by Crippen LogP contribution is 2.23. The van der Waals surface area contributed by atoms with Crippen molar-refractivity contribution in [2.24, 2.45) is 0 Å². The van der Waals surface area contributed by atoms with Crippen molar-refractivity contribution in [3.8, 4) is 0 Å². The number of hydrogen-bond acceptors (Lipinski definition) is 4. The van der Waals surface area contributed by atoms with E-state index in [-0.39, 0.29) is 5.91 Å². The molecule has 0 saturated carbocycles. The van der Waals surface area contributed by atoms with Crippen molar-refractivity contribution < 1.29 is 14.3 Å². The molecular formula is C15H12ClNO3S. The Morgan fingerprint density at radius 1 is 1.29 bits per heavy atom. The Hall–Kier alpha value is -2.11. The molecule has 0 bridgehead atoms. The summed E-state index contributed by atoms with van der Waals surface area (Å²) in [5, 5.41) is 4.91. The third kappa shape index (κ3) is 3.93. The van der Waals surface area contributed by atoms with Crippen molar-refractivity contribution in [1.82, 2.24) is 0 Å². The van der Waals surface area contributed by atoms with Gasteiger partial charge in [0, 0.05) is 11.1 Å². The first-order chi connectivity index (χ1) is 10.1. The molecule has 6 heteroatoms. The first kappa shape index (κ1) is 15.3. The highest BCUT2D eigenvalue weighted by Gasteiger charge is 2.14. The van der Waals surface area contributed by atoms with E-state index in [0.717, 1.165) is 5.56 Å². The minimum atomic E-state index is -0.476. The Morgan fingerprint density at radius 3 is 2.76 bits per heavy atom. The number of hydrogen-bond donors (Lipinski definition) is 1. The lowest BCUT2D eigenvalue weighted by Crippen LogP contribution is -2.10. The number of halogens is 1. The van der Waals surface area contributed by atoms with E-state index >= 15 is 0 Å². The van der Waals surface area contributed by atoms with Crippen molar-refractivity contribution >= 4 is 46.6 Å². The Morgan fingerprint density at radius 2 is 2.05 bits per heavy atom. The molecule has 2 aromatic rings. The van der Waals surface area contributed by atoms with Crippen molar-refractivity contribution in [2.45, 2.75) is 0 Å². The van der Waals surface area contributed by atoms with Gasteiger partial charge in [0.2, 0.25) is 5.91 Å². The van der Waals surface area contributed by atoms with E-state index in [1.807, 2.05) is 12.1 Å². The van der Waals surface area contributed by atoms with Gasteiger partial charge in [0.1, 0.15) is 4.88 Å². The van der Waals surface area contributed by atoms with Gasteiger partial charge in [-0.05, 0) is 29.2 Å². The zero-order valence-electron chi connectivity index (χ0n) is 11.1. The maximum Gasteiger partial charge on any atom is 0.350 e. The van der Waals surface area contributed by atoms with Crippen molar-refractivity contribution in [1.29, 1.82) is 0 Å². The number of nitrogens with one attached hydrogen (secondary N) is 1. The Kier molecular flexibility index (Phi) is 5.14. The normalized spacial score (nSPS) is 10.6. The van der Waals surface area contributed by atoms with E-state index in [1.54, 1.807) is 29.7 Å². The quantitative estimate of drug-likeness (QED) is 0.687. The van der Waals surface area contributed by atoms with Gasteiger partial charge in [-0.2, -0.15) is 0 Å². The smallest absolute Gasteiger partial charge is 0.350 e. The van der Waals surface area contributed by atoms with Gasteiger partial charge in [-0.25, -0.2) is 4.79 Å². The number of methoxy groups -OCH3 is 1. The molecule has 2 rings (SSSR count). The minimum Gasteiger partial charge on any atom is -0.465 e. The third-order valence-electron chi connectivity index (χ3n) is 2.61. The lowest BCUT2D eigenvalue weighted by atomic mass is 10.2. The zero-order valence-corrected chi connectivity index (χ0v) is 12.7. The number of benzene rings is 1. The molecule has 21 heavy (non-hydrogen) atoms. The van der Waals surface area contributed by atoms with Gasteiger partial charge in [-0.15, -0.1) is 11.3 Å². The summed E-state index contributed by atoms with van der Waals surface area (Å²) in [5.74, 6) is -0.825. The number of carbonyl (C=O) groups is 2. The van der Waals surface area contributed by atoms with Gasteiger partial charge in [-0.1, -0.05) is 29.8 Å². The van der Waals surface area contributed by atoms with Crippen molar-refractivity contribution in [2.75, 3.05) is 12.4 Å². The molecule has 0 spiro atoms. The summed E-state index contributed by atoms with van der Waals surface area (Å²) >= 11 is 7.20. The molecule has 1 aromatic heterocycles. The molecule has 0 fully saturated rings. The van der Waals surface area contributed by atoms with E-state index < -0.39 is 5.97 Å². The van der Waals surface area contributed by atoms with E-state index in [1.165, 1.54) is 24.5 Å². The second kappa shape index (κ2) is 7.06. The van der Waals surface area contributed by atoms with E-state index in [0.29, 0.717) is 15.6 Å². The summed E-state index contributed by atoms with van der Waals surface area (Å²) in [7, 11) is 1.30. The predicted octanol–water partition coefficient (Wildman–Crippen LogP) is 3.84. The zero-order chi connectivity index (χ0) is 15.2. The van der Waals surface area contributed by atoms with Crippen molar-refractivity contribution in [3.63, 3.8) is 0 Å². The first-order valence-electron chi connectivity index (χ1n) is 6.01. The van der Waals surface area contributed by atoms with Crippen LogP contribution in [-0.2, 0) is 9.53 Å². The fourth-order valence-electron chi connectivity index (χ4n) is 1.61. The molecule has 0 radical (unpaired) electrons. The molecule has 1 amide bonds. The van der Waals surface area contributed by atoms with Crippen LogP contribution in [0.15, 0.2) is 41.8 Å². The number of ether oxygens (including phenoxy) is 1. The summed E-state index contributed by atoms with van der Waals surface area (Å²) in [5.41, 5.74) is 1.17. The molecule has 0 aliphatic rings. The van der Waals surface area contributed by atoms with Crippen LogP contribution in [0.1, 0.15) is 15.2 Å². The van der Waals surface area contributed by atoms with Crippen LogP contribution in [-0.4, -0.2) is 19.0 Å². The molecule has 0 aliphatic carbocycles. The standard InChI is InChI=1S/C15H12ClNO3S/c1-20-15(19)14-12(8-9-21-14)17-13(18)7-6-10-4-2-3-5-11(10)16/h2-9H,1H3,(H,17,18). The van der Waals surface area contributed by atoms with E-state index in [2.05, 4.69) is 10.1 Å². The maximum absolute atomic E-state index is 11.9. The topological polar surface area (TPSA) is 55.4 Å². The molecule has 0 saturated heterocycles. The SMILES string of the molecule is COC(=O)c1sccc1NC(=O)C=Cc1ccccc1Cl. The van der Waals surface area contributed by atoms with Crippen LogP contribution >= 0.6 is 22.9 Å². The molecule has 108 valence electrons. The summed E-state index contributed by atoms with van der Waals surface area (Å²) in [6, 6.07) is 8.84. The molecule has 0 atom stereocenters. The summed E-state index contributed by atoms with van der Waals surface area (Å²) in [6.07, 6.45) is 2.97. The molecule has 1 heterocycles. The van der Waals surface area contributed by atoms with Crippen LogP contribution in [0.25, 0.3) is 6.08 Å². The molecular weight excluding hydrogens is 310 g/mol. The predicted molar refractivity (Wildman–Crippen MR) is 84.8 cm³/mol. The number of rotatable bonds is 4. The Labute approximate surface area is 131 Å². The Bertz CT molecular complexity index is 694. The average Bonchev–Trinajstić information content (AvgIpc) is 2.93. The maximum atomic E-state index is 11.9. The molecule has 0 aliphatic heterocycles. The second-order valence-electron chi connectivity index (χ2n) is 4.00. The van der Waals surface area contributed by atoms with Gasteiger partial charge in [0.05, 0.1) is 12.8 Å². The lowest BCUT2D eigenvalue weighted by Gasteiger charge is -2.02. The number of anilines is 1. The van der Waals surface area contributed by atoms with Crippen LogP contribution in [0.3, 0.4) is 0 Å². The molecule has 1 N–H and O–H groups in total. The highest BCUT2D eigenvalue weighted by molar-refractivity contribution is 7.12. The van der Waals surface area contributed by atoms with Gasteiger partial charge < -0.3 is 10.1 Å².